The van der Waals surface area contributed by atoms with E-state index in [1.165, 1.54) is 5.56 Å². The predicted molar refractivity (Wildman–Crippen MR) is 181 cm³/mol. The van der Waals surface area contributed by atoms with E-state index in [1.54, 1.807) is 17.9 Å². The molecule has 1 unspecified atom stereocenters. The molecule has 12 heteroatoms. The second-order valence-electron chi connectivity index (χ2n) is 12.4. The number of piperidine rings is 1. The highest BCUT2D eigenvalue weighted by molar-refractivity contribution is 6.42. The molecule has 5 rings (SSSR count). The minimum absolute atomic E-state index is 0.0602. The molecule has 3 aliphatic rings. The van der Waals surface area contributed by atoms with E-state index in [2.05, 4.69) is 17.0 Å². The monoisotopic (exact) mass is 688 g/mol. The molecule has 3 heterocycles. The first-order valence-electron chi connectivity index (χ1n) is 16.5. The Kier molecular flexibility index (Phi) is 13.9. The molecule has 256 valence electrons. The molecule has 0 saturated carbocycles. The molecule has 5 atom stereocenters. The van der Waals surface area contributed by atoms with Gasteiger partial charge in [-0.3, -0.25) is 24.1 Å². The zero-order chi connectivity index (χ0) is 33.9. The van der Waals surface area contributed by atoms with Gasteiger partial charge in [-0.05, 0) is 81.5 Å². The van der Waals surface area contributed by atoms with Crippen molar-refractivity contribution in [1.29, 1.82) is 0 Å². The highest BCUT2D eigenvalue weighted by atomic mass is 35.5. The molecule has 3 aliphatic heterocycles. The minimum atomic E-state index is -0.776. The van der Waals surface area contributed by atoms with E-state index in [4.69, 9.17) is 43.6 Å². The van der Waals surface area contributed by atoms with Crippen LogP contribution in [0.4, 0.5) is 0 Å². The van der Waals surface area contributed by atoms with Crippen molar-refractivity contribution in [2.75, 3.05) is 26.2 Å². The number of aryl methyl sites for hydroxylation is 1. The fourth-order valence-corrected chi connectivity index (χ4v) is 7.55. The number of ether oxygens (including phenoxy) is 1. The van der Waals surface area contributed by atoms with Gasteiger partial charge < -0.3 is 25.4 Å². The Morgan fingerprint density at radius 2 is 1.81 bits per heavy atom. The van der Waals surface area contributed by atoms with Crippen LogP contribution in [0.5, 0.6) is 0 Å². The molecule has 0 radical (unpaired) electrons. The number of carboxylic acid groups (broad SMARTS) is 1. The smallest absolute Gasteiger partial charge is 0.305 e. The third-order valence-electron chi connectivity index (χ3n) is 9.42. The van der Waals surface area contributed by atoms with E-state index in [0.29, 0.717) is 36.1 Å². The number of likely N-dealkylation sites (tertiary alicyclic amines) is 1. The molecule has 0 aromatic heterocycles. The van der Waals surface area contributed by atoms with Crippen LogP contribution in [-0.4, -0.2) is 94.5 Å². The second kappa shape index (κ2) is 17.8. The molecule has 3 saturated heterocycles. The van der Waals surface area contributed by atoms with Gasteiger partial charge in [-0.1, -0.05) is 59.6 Å². The number of nitrogens with two attached hydrogens (primary N) is 1. The van der Waals surface area contributed by atoms with Crippen molar-refractivity contribution < 1.29 is 29.0 Å². The summed E-state index contributed by atoms with van der Waals surface area (Å²) < 4.78 is 5.23. The van der Waals surface area contributed by atoms with Gasteiger partial charge in [0.25, 0.3) is 6.47 Å². The number of amides is 2. The summed E-state index contributed by atoms with van der Waals surface area (Å²) in [6.07, 6.45) is 6.01. The third kappa shape index (κ3) is 9.47. The maximum Gasteiger partial charge on any atom is 0.305 e. The van der Waals surface area contributed by atoms with Crippen LogP contribution in [0.2, 0.25) is 10.0 Å². The summed E-state index contributed by atoms with van der Waals surface area (Å²) in [4.78, 5) is 55.8. The van der Waals surface area contributed by atoms with Crippen molar-refractivity contribution in [1.82, 2.24) is 14.7 Å². The van der Waals surface area contributed by atoms with E-state index >= 15 is 0 Å². The fraction of sp³-hybridized carbons (Fsp3) is 0.543. The second-order valence-corrected chi connectivity index (χ2v) is 13.2. The van der Waals surface area contributed by atoms with Gasteiger partial charge in [0.05, 0.1) is 28.7 Å². The first kappa shape index (κ1) is 36.7. The summed E-state index contributed by atoms with van der Waals surface area (Å²) in [5.74, 6) is -0.557. The first-order chi connectivity index (χ1) is 22.7. The summed E-state index contributed by atoms with van der Waals surface area (Å²) in [5.41, 5.74) is 8.63. The molecule has 2 aromatic rings. The number of hydrogen-bond donors (Lipinski definition) is 2. The largest absolute Gasteiger partial charge is 0.483 e. The van der Waals surface area contributed by atoms with Gasteiger partial charge in [-0.25, -0.2) is 0 Å². The number of rotatable bonds is 10. The molecule has 0 spiro atoms. The van der Waals surface area contributed by atoms with Gasteiger partial charge in [0.1, 0.15) is 6.04 Å². The Hall–Kier alpha value is -3.18. The average molecular weight is 690 g/mol. The molecular formula is C35H46Cl2N4O6. The van der Waals surface area contributed by atoms with Gasteiger partial charge in [0, 0.05) is 38.1 Å². The predicted octanol–water partition coefficient (Wildman–Crippen LogP) is 5.10. The summed E-state index contributed by atoms with van der Waals surface area (Å²) >= 11 is 12.6. The topological polar surface area (TPSA) is 133 Å². The number of esters is 1. The van der Waals surface area contributed by atoms with E-state index in [1.807, 2.05) is 35.2 Å². The van der Waals surface area contributed by atoms with Crippen molar-refractivity contribution in [2.45, 2.75) is 94.9 Å². The van der Waals surface area contributed by atoms with Crippen LogP contribution in [0.3, 0.4) is 0 Å². The summed E-state index contributed by atoms with van der Waals surface area (Å²) in [5, 5.41) is 7.80. The summed E-state index contributed by atoms with van der Waals surface area (Å²) in [6.45, 7) is 3.47. The molecule has 0 aliphatic carbocycles. The molecule has 0 bridgehead atoms. The Balaban J connectivity index is 0.00000160. The SMILES string of the molecule is CCOC(=O)CC[C@H](C(=O)N1CCCC[C@H]1c1ccc(Cl)c(Cl)c1)N1CCC(CCc2ccccc2)N2C[C@H](N)C[C@H]2C1=O.O=CO. The number of nitrogens with zero attached hydrogens (tertiary/aromatic N) is 3. The summed E-state index contributed by atoms with van der Waals surface area (Å²) in [7, 11) is 0. The van der Waals surface area contributed by atoms with E-state index in [9.17, 15) is 14.4 Å². The van der Waals surface area contributed by atoms with Gasteiger partial charge in [-0.2, -0.15) is 0 Å². The third-order valence-corrected chi connectivity index (χ3v) is 10.2. The van der Waals surface area contributed by atoms with Crippen LogP contribution < -0.4 is 5.73 Å². The molecule has 2 amide bonds. The number of carbonyl (C=O) groups excluding carboxylic acids is 3. The van der Waals surface area contributed by atoms with Crippen molar-refractivity contribution >= 4 is 47.5 Å². The van der Waals surface area contributed by atoms with Gasteiger partial charge in [-0.15, -0.1) is 0 Å². The lowest BCUT2D eigenvalue weighted by molar-refractivity contribution is -0.151. The number of carbonyl (C=O) groups is 4. The standard InChI is InChI=1S/C34H44Cl2N4O4.CH2O2/c1-2-44-32(41)16-15-30(33(42)38-18-7-6-10-29(38)24-12-14-27(35)28(36)20-24)39-19-17-26(13-11-23-8-4-3-5-9-23)40-22-25(37)21-31(40)34(39)43;2-1-3/h3-5,8-9,12,14,20,25-26,29-31H,2,6-7,10-11,13,15-19,21-22,37H2,1H3;1H,(H,2,3)/t25-,26?,29+,30-,31+;/m1./s1. The molecule has 10 nitrogen and oxygen atoms in total. The van der Waals surface area contributed by atoms with Crippen LogP contribution >= 0.6 is 23.2 Å². The molecule has 3 fully saturated rings. The Morgan fingerprint density at radius 3 is 2.51 bits per heavy atom. The highest BCUT2D eigenvalue weighted by Crippen LogP contribution is 2.36. The minimum Gasteiger partial charge on any atom is -0.483 e. The van der Waals surface area contributed by atoms with Crippen LogP contribution in [0.15, 0.2) is 48.5 Å². The van der Waals surface area contributed by atoms with Crippen molar-refractivity contribution in [3.63, 3.8) is 0 Å². The van der Waals surface area contributed by atoms with Crippen LogP contribution in [0.1, 0.15) is 75.5 Å². The lowest BCUT2D eigenvalue weighted by Crippen LogP contribution is -2.55. The molecular weight excluding hydrogens is 643 g/mol. The van der Waals surface area contributed by atoms with Crippen molar-refractivity contribution in [2.24, 2.45) is 5.73 Å². The maximum atomic E-state index is 14.6. The lowest BCUT2D eigenvalue weighted by Gasteiger charge is -2.41. The van der Waals surface area contributed by atoms with Gasteiger partial charge in [0.2, 0.25) is 11.8 Å². The highest BCUT2D eigenvalue weighted by Gasteiger charge is 2.47. The van der Waals surface area contributed by atoms with Crippen LogP contribution in [-0.2, 0) is 30.3 Å². The Bertz CT molecular complexity index is 1360. The van der Waals surface area contributed by atoms with Crippen LogP contribution in [0.25, 0.3) is 0 Å². The fourth-order valence-electron chi connectivity index (χ4n) is 7.25. The summed E-state index contributed by atoms with van der Waals surface area (Å²) in [6, 6.07) is 14.6. The zero-order valence-corrected chi connectivity index (χ0v) is 28.5. The molecule has 3 N–H and O–H groups in total. The number of benzene rings is 2. The van der Waals surface area contributed by atoms with E-state index in [-0.39, 0.29) is 67.9 Å². The van der Waals surface area contributed by atoms with Gasteiger partial charge in [0.15, 0.2) is 0 Å². The van der Waals surface area contributed by atoms with Crippen molar-refractivity contribution in [3.05, 3.63) is 69.7 Å². The average Bonchev–Trinajstić information content (AvgIpc) is 3.41. The maximum absolute atomic E-state index is 14.6. The number of halogens is 2. The van der Waals surface area contributed by atoms with E-state index < -0.39 is 6.04 Å². The molecule has 47 heavy (non-hydrogen) atoms. The van der Waals surface area contributed by atoms with Gasteiger partial charge >= 0.3 is 5.97 Å². The number of fused-ring (bicyclic) bond motifs is 1. The quantitative estimate of drug-likeness (QED) is 0.260. The first-order valence-corrected chi connectivity index (χ1v) is 17.3. The molecule has 2 aromatic carbocycles. The Morgan fingerprint density at radius 1 is 1.06 bits per heavy atom. The normalized spacial score (nSPS) is 23.6. The Labute approximate surface area is 287 Å². The number of hydrogen-bond acceptors (Lipinski definition) is 7. The zero-order valence-electron chi connectivity index (χ0n) is 26.9. The van der Waals surface area contributed by atoms with Crippen LogP contribution in [0, 0.1) is 0 Å². The van der Waals surface area contributed by atoms with Crippen molar-refractivity contribution in [3.8, 4) is 0 Å². The lowest BCUT2D eigenvalue weighted by atomic mass is 9.93. The van der Waals surface area contributed by atoms with E-state index in [0.717, 1.165) is 44.1 Å².